The summed E-state index contributed by atoms with van der Waals surface area (Å²) in [6, 6.07) is 13.4. The Labute approximate surface area is 137 Å². The number of methoxy groups -OCH3 is 1. The number of rotatable bonds is 7. The van der Waals surface area contributed by atoms with E-state index < -0.39 is 0 Å². The first kappa shape index (κ1) is 16.9. The van der Waals surface area contributed by atoms with Gasteiger partial charge in [-0.15, -0.1) is 0 Å². The molecule has 0 saturated carbocycles. The fourth-order valence-electron chi connectivity index (χ4n) is 2.20. The molecule has 23 heavy (non-hydrogen) atoms. The molecular weight excluding hydrogens is 290 g/mol. The average Bonchev–Trinajstić information content (AvgIpc) is 2.55. The molecule has 0 unspecified atom stereocenters. The van der Waals surface area contributed by atoms with Crippen LogP contribution in [0.2, 0.25) is 0 Å². The Morgan fingerprint density at radius 1 is 1.04 bits per heavy atom. The van der Waals surface area contributed by atoms with Crippen molar-refractivity contribution in [3.05, 3.63) is 53.6 Å². The third kappa shape index (κ3) is 5.02. The molecular formula is C19H23NO3. The highest BCUT2D eigenvalue weighted by Crippen LogP contribution is 2.25. The molecule has 4 heteroatoms. The molecule has 0 heterocycles. The molecule has 2 aromatic carbocycles. The second-order valence-electron chi connectivity index (χ2n) is 5.45. The summed E-state index contributed by atoms with van der Waals surface area (Å²) in [5, 5.41) is 2.91. The van der Waals surface area contributed by atoms with Gasteiger partial charge in [-0.1, -0.05) is 18.2 Å². The van der Waals surface area contributed by atoms with Crippen molar-refractivity contribution in [1.82, 2.24) is 0 Å². The van der Waals surface area contributed by atoms with Crippen molar-refractivity contribution in [2.24, 2.45) is 0 Å². The lowest BCUT2D eigenvalue weighted by atomic mass is 10.1. The van der Waals surface area contributed by atoms with Crippen LogP contribution in [0.15, 0.2) is 42.5 Å². The molecule has 1 amide bonds. The SMILES string of the molecule is COc1ccccc1OCCCC(=O)Nc1ccc(C)c(C)c1. The minimum absolute atomic E-state index is 0.00289. The Kier molecular flexibility index (Phi) is 6.03. The van der Waals surface area contributed by atoms with E-state index in [2.05, 4.69) is 12.2 Å². The molecule has 2 aromatic rings. The van der Waals surface area contributed by atoms with Crippen LogP contribution in [-0.4, -0.2) is 19.6 Å². The highest BCUT2D eigenvalue weighted by Gasteiger charge is 2.05. The van der Waals surface area contributed by atoms with Crippen LogP contribution in [-0.2, 0) is 4.79 Å². The van der Waals surface area contributed by atoms with E-state index in [0.717, 1.165) is 5.69 Å². The second kappa shape index (κ2) is 8.22. The first-order valence-corrected chi connectivity index (χ1v) is 7.73. The monoisotopic (exact) mass is 313 g/mol. The Bertz CT molecular complexity index is 667. The van der Waals surface area contributed by atoms with Gasteiger partial charge in [-0.3, -0.25) is 4.79 Å². The maximum absolute atomic E-state index is 12.0. The minimum atomic E-state index is -0.00289. The van der Waals surface area contributed by atoms with E-state index in [1.54, 1.807) is 7.11 Å². The van der Waals surface area contributed by atoms with Crippen molar-refractivity contribution in [2.45, 2.75) is 26.7 Å². The van der Waals surface area contributed by atoms with Gasteiger partial charge < -0.3 is 14.8 Å². The smallest absolute Gasteiger partial charge is 0.224 e. The van der Waals surface area contributed by atoms with Crippen LogP contribution in [0.1, 0.15) is 24.0 Å². The third-order valence-corrected chi connectivity index (χ3v) is 3.67. The number of nitrogens with one attached hydrogen (secondary N) is 1. The van der Waals surface area contributed by atoms with Crippen LogP contribution in [0.3, 0.4) is 0 Å². The van der Waals surface area contributed by atoms with Crippen molar-refractivity contribution < 1.29 is 14.3 Å². The van der Waals surface area contributed by atoms with E-state index in [1.165, 1.54) is 11.1 Å². The van der Waals surface area contributed by atoms with Crippen LogP contribution in [0, 0.1) is 13.8 Å². The van der Waals surface area contributed by atoms with Gasteiger partial charge in [0.05, 0.1) is 13.7 Å². The molecule has 2 rings (SSSR count). The summed E-state index contributed by atoms with van der Waals surface area (Å²) in [5.74, 6) is 1.40. The van der Waals surface area contributed by atoms with Gasteiger partial charge >= 0.3 is 0 Å². The first-order valence-electron chi connectivity index (χ1n) is 7.73. The maximum Gasteiger partial charge on any atom is 0.224 e. The summed E-state index contributed by atoms with van der Waals surface area (Å²) in [6.07, 6.45) is 1.07. The van der Waals surface area contributed by atoms with Crippen LogP contribution < -0.4 is 14.8 Å². The summed E-state index contributed by atoms with van der Waals surface area (Å²) >= 11 is 0. The molecule has 0 bridgehead atoms. The molecule has 0 aliphatic rings. The van der Waals surface area contributed by atoms with E-state index in [4.69, 9.17) is 9.47 Å². The fourth-order valence-corrected chi connectivity index (χ4v) is 2.20. The van der Waals surface area contributed by atoms with Crippen molar-refractivity contribution in [1.29, 1.82) is 0 Å². The summed E-state index contributed by atoms with van der Waals surface area (Å²) in [5.41, 5.74) is 3.22. The zero-order chi connectivity index (χ0) is 16.7. The van der Waals surface area contributed by atoms with Crippen LogP contribution in [0.25, 0.3) is 0 Å². The van der Waals surface area contributed by atoms with Gasteiger partial charge in [0.15, 0.2) is 11.5 Å². The molecule has 0 radical (unpaired) electrons. The molecule has 1 N–H and O–H groups in total. The first-order chi connectivity index (χ1) is 11.1. The lowest BCUT2D eigenvalue weighted by Crippen LogP contribution is -2.13. The van der Waals surface area contributed by atoms with E-state index in [1.807, 2.05) is 49.4 Å². The van der Waals surface area contributed by atoms with Crippen molar-refractivity contribution >= 4 is 11.6 Å². The predicted octanol–water partition coefficient (Wildman–Crippen LogP) is 4.11. The second-order valence-corrected chi connectivity index (χ2v) is 5.45. The topological polar surface area (TPSA) is 47.6 Å². The number of hydrogen-bond acceptors (Lipinski definition) is 3. The van der Waals surface area contributed by atoms with E-state index in [0.29, 0.717) is 30.9 Å². The largest absolute Gasteiger partial charge is 0.493 e. The number of amides is 1. The Morgan fingerprint density at radius 3 is 2.48 bits per heavy atom. The highest BCUT2D eigenvalue weighted by atomic mass is 16.5. The molecule has 0 saturated heterocycles. The number of anilines is 1. The summed E-state index contributed by atoms with van der Waals surface area (Å²) in [7, 11) is 1.61. The van der Waals surface area contributed by atoms with Crippen molar-refractivity contribution in [2.75, 3.05) is 19.0 Å². The molecule has 0 aliphatic carbocycles. The summed E-state index contributed by atoms with van der Waals surface area (Å²) in [4.78, 5) is 12.0. The average molecular weight is 313 g/mol. The van der Waals surface area contributed by atoms with Crippen LogP contribution >= 0.6 is 0 Å². The molecule has 4 nitrogen and oxygen atoms in total. The zero-order valence-corrected chi connectivity index (χ0v) is 13.9. The lowest BCUT2D eigenvalue weighted by Gasteiger charge is -2.10. The molecule has 122 valence electrons. The van der Waals surface area contributed by atoms with E-state index in [9.17, 15) is 4.79 Å². The lowest BCUT2D eigenvalue weighted by molar-refractivity contribution is -0.116. The van der Waals surface area contributed by atoms with Gasteiger partial charge in [0.2, 0.25) is 5.91 Å². The Hall–Kier alpha value is -2.49. The van der Waals surface area contributed by atoms with E-state index in [-0.39, 0.29) is 5.91 Å². The van der Waals surface area contributed by atoms with Gasteiger partial charge in [0.1, 0.15) is 0 Å². The van der Waals surface area contributed by atoms with Crippen molar-refractivity contribution in [3.63, 3.8) is 0 Å². The van der Waals surface area contributed by atoms with Gasteiger partial charge in [-0.05, 0) is 55.7 Å². The quantitative estimate of drug-likeness (QED) is 0.783. The zero-order valence-electron chi connectivity index (χ0n) is 13.9. The number of para-hydroxylation sites is 2. The normalized spacial score (nSPS) is 10.2. The number of ether oxygens (including phenoxy) is 2. The third-order valence-electron chi connectivity index (χ3n) is 3.67. The van der Waals surface area contributed by atoms with Crippen LogP contribution in [0.4, 0.5) is 5.69 Å². The number of carbonyl (C=O) groups excluding carboxylic acids is 1. The number of hydrogen-bond donors (Lipinski definition) is 1. The summed E-state index contributed by atoms with van der Waals surface area (Å²) < 4.78 is 10.9. The Morgan fingerprint density at radius 2 is 1.78 bits per heavy atom. The molecule has 0 aromatic heterocycles. The van der Waals surface area contributed by atoms with Crippen LogP contribution in [0.5, 0.6) is 11.5 Å². The van der Waals surface area contributed by atoms with Gasteiger partial charge in [-0.2, -0.15) is 0 Å². The maximum atomic E-state index is 12.0. The van der Waals surface area contributed by atoms with Gasteiger partial charge in [-0.25, -0.2) is 0 Å². The van der Waals surface area contributed by atoms with Crippen molar-refractivity contribution in [3.8, 4) is 11.5 Å². The van der Waals surface area contributed by atoms with Gasteiger partial charge in [0, 0.05) is 12.1 Å². The standard InChI is InChI=1S/C19H23NO3/c1-14-10-11-16(13-15(14)2)20-19(21)9-6-12-23-18-8-5-4-7-17(18)22-3/h4-5,7-8,10-11,13H,6,9,12H2,1-3H3,(H,20,21). The van der Waals surface area contributed by atoms with E-state index >= 15 is 0 Å². The summed E-state index contributed by atoms with van der Waals surface area (Å²) in [6.45, 7) is 4.56. The minimum Gasteiger partial charge on any atom is -0.493 e. The highest BCUT2D eigenvalue weighted by molar-refractivity contribution is 5.90. The fraction of sp³-hybridized carbons (Fsp3) is 0.316. The number of carbonyl (C=O) groups is 1. The number of benzene rings is 2. The Balaban J connectivity index is 1.75. The molecule has 0 fully saturated rings. The number of aryl methyl sites for hydroxylation is 2. The molecule has 0 atom stereocenters. The predicted molar refractivity (Wildman–Crippen MR) is 92.3 cm³/mol. The molecule has 0 aliphatic heterocycles. The van der Waals surface area contributed by atoms with Gasteiger partial charge in [0.25, 0.3) is 0 Å². The molecule has 0 spiro atoms.